The number of rotatable bonds is 2. The van der Waals surface area contributed by atoms with E-state index in [1.165, 1.54) is 23.1 Å². The van der Waals surface area contributed by atoms with E-state index in [0.29, 0.717) is 5.76 Å². The average molecular weight is 383 g/mol. The maximum atomic E-state index is 13.0. The highest BCUT2D eigenvalue weighted by molar-refractivity contribution is 6.31. The summed E-state index contributed by atoms with van der Waals surface area (Å²) in [5.74, 6) is 0.661. The van der Waals surface area contributed by atoms with Gasteiger partial charge in [-0.2, -0.15) is 23.3 Å². The van der Waals surface area contributed by atoms with Crippen molar-refractivity contribution in [2.24, 2.45) is 0 Å². The van der Waals surface area contributed by atoms with Crippen LogP contribution in [-0.2, 0) is 11.0 Å². The highest BCUT2D eigenvalue weighted by atomic mass is 35.5. The fourth-order valence-electron chi connectivity index (χ4n) is 2.81. The molecule has 10 heteroatoms. The van der Waals surface area contributed by atoms with Gasteiger partial charge in [0.2, 0.25) is 11.9 Å². The predicted molar refractivity (Wildman–Crippen MR) is 85.6 cm³/mol. The molecule has 0 bridgehead atoms. The summed E-state index contributed by atoms with van der Waals surface area (Å²) in [6, 6.07) is 6.16. The minimum Gasteiger partial charge on any atom is -0.459 e. The summed E-state index contributed by atoms with van der Waals surface area (Å²) in [6.07, 6.45) is -3.19. The van der Waals surface area contributed by atoms with E-state index in [-0.39, 0.29) is 34.6 Å². The molecular weight excluding hydrogens is 373 g/mol. The monoisotopic (exact) mass is 382 g/mol. The number of carbonyl (C=O) groups excluding carboxylic acids is 1. The third-order valence-electron chi connectivity index (χ3n) is 4.01. The lowest BCUT2D eigenvalue weighted by Gasteiger charge is -2.21. The highest BCUT2D eigenvalue weighted by Crippen LogP contribution is 2.38. The number of amides is 1. The molecule has 0 unspecified atom stereocenters. The number of carbonyl (C=O) groups is 1. The Morgan fingerprint density at radius 1 is 1.27 bits per heavy atom. The number of halogens is 4. The summed E-state index contributed by atoms with van der Waals surface area (Å²) in [5, 5.41) is 6.25. The fourth-order valence-corrected chi connectivity index (χ4v) is 3.03. The third kappa shape index (κ3) is 2.84. The number of aromatic nitrogens is 3. The Morgan fingerprint density at radius 3 is 2.85 bits per heavy atom. The van der Waals surface area contributed by atoms with Crippen molar-refractivity contribution in [3.8, 4) is 11.3 Å². The lowest BCUT2D eigenvalue weighted by Crippen LogP contribution is -2.29. The van der Waals surface area contributed by atoms with E-state index < -0.39 is 17.8 Å². The van der Waals surface area contributed by atoms with Crippen LogP contribution in [0.1, 0.15) is 23.8 Å². The van der Waals surface area contributed by atoms with Crippen LogP contribution in [0.5, 0.6) is 0 Å². The number of benzene rings is 1. The molecule has 0 aliphatic carbocycles. The average Bonchev–Trinajstić information content (AvgIpc) is 3.22. The molecule has 1 atom stereocenters. The zero-order chi connectivity index (χ0) is 18.5. The largest absolute Gasteiger partial charge is 0.459 e. The van der Waals surface area contributed by atoms with Crippen LogP contribution in [0, 0.1) is 0 Å². The standard InChI is InChI=1S/C16H10ClF3N4O2/c17-10-2-1-8(5-9(10)16(18,19)20)12-3-4-13(26-12)11-6-14(25)23-15-21-7-22-24(11)15/h1-5,7,11H,6H2,(H,21,22,23,25)/t11-/m0/s1. The zero-order valence-corrected chi connectivity index (χ0v) is 13.7. The van der Waals surface area contributed by atoms with Crippen molar-refractivity contribution in [3.05, 3.63) is 53.0 Å². The minimum atomic E-state index is -4.57. The smallest absolute Gasteiger partial charge is 0.417 e. The molecule has 0 spiro atoms. The van der Waals surface area contributed by atoms with Gasteiger partial charge in [0.25, 0.3) is 0 Å². The van der Waals surface area contributed by atoms with Gasteiger partial charge in [-0.25, -0.2) is 4.68 Å². The summed E-state index contributed by atoms with van der Waals surface area (Å²) < 4.78 is 46.3. The molecule has 0 radical (unpaired) electrons. The number of fused-ring (bicyclic) bond motifs is 1. The molecule has 134 valence electrons. The molecule has 0 saturated heterocycles. The normalized spacial score (nSPS) is 17.1. The van der Waals surface area contributed by atoms with Gasteiger partial charge in [-0.05, 0) is 30.3 Å². The lowest BCUT2D eigenvalue weighted by atomic mass is 10.1. The molecule has 1 aliphatic rings. The molecule has 1 aliphatic heterocycles. The SMILES string of the molecule is O=C1C[C@@H](c2ccc(-c3ccc(Cl)c(C(F)(F)F)c3)o2)n2ncnc2N1. The maximum Gasteiger partial charge on any atom is 0.417 e. The first kappa shape index (κ1) is 16.6. The van der Waals surface area contributed by atoms with Crippen LogP contribution in [0.2, 0.25) is 5.02 Å². The van der Waals surface area contributed by atoms with Crippen molar-refractivity contribution in [2.75, 3.05) is 5.32 Å². The molecule has 3 aromatic rings. The van der Waals surface area contributed by atoms with Crippen LogP contribution in [0.3, 0.4) is 0 Å². The van der Waals surface area contributed by atoms with Crippen molar-refractivity contribution in [3.63, 3.8) is 0 Å². The Morgan fingerprint density at radius 2 is 2.08 bits per heavy atom. The van der Waals surface area contributed by atoms with E-state index in [4.69, 9.17) is 16.0 Å². The van der Waals surface area contributed by atoms with Crippen molar-refractivity contribution >= 4 is 23.5 Å². The van der Waals surface area contributed by atoms with Gasteiger partial charge in [0, 0.05) is 5.56 Å². The third-order valence-corrected chi connectivity index (χ3v) is 4.34. The Bertz CT molecular complexity index is 996. The van der Waals surface area contributed by atoms with E-state index in [9.17, 15) is 18.0 Å². The Labute approximate surface area is 149 Å². The highest BCUT2D eigenvalue weighted by Gasteiger charge is 2.34. The van der Waals surface area contributed by atoms with Crippen LogP contribution < -0.4 is 5.32 Å². The molecule has 2 aromatic heterocycles. The number of alkyl halides is 3. The number of nitrogens with zero attached hydrogens (tertiary/aromatic N) is 3. The fraction of sp³-hybridized carbons (Fsp3) is 0.188. The van der Waals surface area contributed by atoms with Gasteiger partial charge in [-0.1, -0.05) is 11.6 Å². The number of nitrogens with one attached hydrogen (secondary N) is 1. The van der Waals surface area contributed by atoms with E-state index in [0.717, 1.165) is 6.07 Å². The lowest BCUT2D eigenvalue weighted by molar-refractivity contribution is -0.137. The summed E-state index contributed by atoms with van der Waals surface area (Å²) in [4.78, 5) is 15.7. The molecule has 26 heavy (non-hydrogen) atoms. The summed E-state index contributed by atoms with van der Waals surface area (Å²) in [5.41, 5.74) is -0.711. The van der Waals surface area contributed by atoms with Crippen LogP contribution in [0.25, 0.3) is 11.3 Å². The Balaban J connectivity index is 1.71. The molecule has 1 N–H and O–H groups in total. The van der Waals surface area contributed by atoms with E-state index in [2.05, 4.69) is 15.4 Å². The van der Waals surface area contributed by atoms with Crippen LogP contribution in [0.4, 0.5) is 19.1 Å². The molecule has 3 heterocycles. The first-order valence-corrected chi connectivity index (χ1v) is 7.87. The van der Waals surface area contributed by atoms with Gasteiger partial charge in [0.05, 0.1) is 17.0 Å². The predicted octanol–water partition coefficient (Wildman–Crippen LogP) is 4.14. The number of hydrogen-bond acceptors (Lipinski definition) is 4. The Kier molecular flexibility index (Phi) is 3.76. The van der Waals surface area contributed by atoms with Crippen molar-refractivity contribution in [1.29, 1.82) is 0 Å². The minimum absolute atomic E-state index is 0.0811. The molecule has 0 fully saturated rings. The van der Waals surface area contributed by atoms with Crippen LogP contribution >= 0.6 is 11.6 Å². The number of anilines is 1. The molecule has 1 aromatic carbocycles. The van der Waals surface area contributed by atoms with Crippen LogP contribution in [-0.4, -0.2) is 20.7 Å². The van der Waals surface area contributed by atoms with E-state index in [1.807, 2.05) is 0 Å². The Hall–Kier alpha value is -2.81. The summed E-state index contributed by atoms with van der Waals surface area (Å²) in [7, 11) is 0. The van der Waals surface area contributed by atoms with E-state index >= 15 is 0 Å². The number of furan rings is 1. The van der Waals surface area contributed by atoms with Gasteiger partial charge < -0.3 is 4.42 Å². The second-order valence-electron chi connectivity index (χ2n) is 5.69. The van der Waals surface area contributed by atoms with Gasteiger partial charge >= 0.3 is 6.18 Å². The van der Waals surface area contributed by atoms with Crippen molar-refractivity contribution in [1.82, 2.24) is 14.8 Å². The molecule has 0 saturated carbocycles. The molecule has 6 nitrogen and oxygen atoms in total. The molecular formula is C16H10ClF3N4O2. The van der Waals surface area contributed by atoms with Crippen molar-refractivity contribution < 1.29 is 22.4 Å². The topological polar surface area (TPSA) is 73.0 Å². The van der Waals surface area contributed by atoms with Gasteiger partial charge in [0.1, 0.15) is 23.9 Å². The quantitative estimate of drug-likeness (QED) is 0.723. The van der Waals surface area contributed by atoms with E-state index in [1.54, 1.807) is 12.1 Å². The second kappa shape index (κ2) is 5.87. The first-order chi connectivity index (χ1) is 12.3. The molecule has 1 amide bonds. The van der Waals surface area contributed by atoms with Crippen molar-refractivity contribution in [2.45, 2.75) is 18.6 Å². The second-order valence-corrected chi connectivity index (χ2v) is 6.10. The first-order valence-electron chi connectivity index (χ1n) is 7.49. The summed E-state index contributed by atoms with van der Waals surface area (Å²) in [6.45, 7) is 0. The van der Waals surface area contributed by atoms with Gasteiger partial charge in [-0.15, -0.1) is 0 Å². The zero-order valence-electron chi connectivity index (χ0n) is 12.9. The van der Waals surface area contributed by atoms with Crippen LogP contribution in [0.15, 0.2) is 41.1 Å². The summed E-state index contributed by atoms with van der Waals surface area (Å²) >= 11 is 5.64. The maximum absolute atomic E-state index is 13.0. The number of hydrogen-bond donors (Lipinski definition) is 1. The van der Waals surface area contributed by atoms with Gasteiger partial charge in [-0.3, -0.25) is 10.1 Å². The molecule has 4 rings (SSSR count). The van der Waals surface area contributed by atoms with Gasteiger partial charge in [0.15, 0.2) is 0 Å².